The van der Waals surface area contributed by atoms with E-state index in [2.05, 4.69) is 22.4 Å². The summed E-state index contributed by atoms with van der Waals surface area (Å²) in [4.78, 5) is 32.6. The highest BCUT2D eigenvalue weighted by Crippen LogP contribution is 2.35. The molecule has 8 nitrogen and oxygen atoms in total. The number of nitrogens with one attached hydrogen (secondary N) is 1. The van der Waals surface area contributed by atoms with E-state index in [4.69, 9.17) is 9.40 Å². The topological polar surface area (TPSA) is 111 Å². The van der Waals surface area contributed by atoms with Gasteiger partial charge in [-0.25, -0.2) is 4.98 Å². The van der Waals surface area contributed by atoms with E-state index in [-0.39, 0.29) is 16.8 Å². The van der Waals surface area contributed by atoms with Gasteiger partial charge in [-0.05, 0) is 81.3 Å². The average molecular weight is 571 g/mol. The SMILES string of the molecule is Cc1cc(C)c(NC(=O)[C@@H](C)Sc2nc3ccc(N=Cc4ccc(-c5ccc([N+](=O)[O-])cc5)o4)cc3s2)c(C)c1. The second kappa shape index (κ2) is 11.4. The summed E-state index contributed by atoms with van der Waals surface area (Å²) < 4.78 is 7.63. The molecule has 0 saturated carbocycles. The zero-order valence-electron chi connectivity index (χ0n) is 22.3. The van der Waals surface area contributed by atoms with Crippen molar-refractivity contribution in [3.8, 4) is 11.3 Å². The number of aromatic nitrogens is 1. The first kappa shape index (κ1) is 27.3. The third-order valence-electron chi connectivity index (χ3n) is 6.25. The number of nitrogens with zero attached hydrogens (tertiary/aromatic N) is 3. The van der Waals surface area contributed by atoms with Crippen LogP contribution in [0.2, 0.25) is 0 Å². The van der Waals surface area contributed by atoms with Crippen molar-refractivity contribution in [3.05, 3.63) is 99.3 Å². The number of anilines is 1. The number of amides is 1. The predicted molar refractivity (Wildman–Crippen MR) is 162 cm³/mol. The Bertz CT molecular complexity index is 1730. The van der Waals surface area contributed by atoms with Crippen molar-refractivity contribution in [2.24, 2.45) is 4.99 Å². The summed E-state index contributed by atoms with van der Waals surface area (Å²) in [7, 11) is 0. The van der Waals surface area contributed by atoms with Crippen molar-refractivity contribution < 1.29 is 14.1 Å². The number of non-ortho nitro benzene ring substituents is 1. The minimum atomic E-state index is -0.433. The van der Waals surface area contributed by atoms with Crippen LogP contribution in [0, 0.1) is 30.9 Å². The maximum absolute atomic E-state index is 12.9. The zero-order valence-corrected chi connectivity index (χ0v) is 23.9. The molecule has 0 unspecified atom stereocenters. The van der Waals surface area contributed by atoms with Crippen molar-refractivity contribution in [2.45, 2.75) is 37.3 Å². The molecule has 10 heteroatoms. The van der Waals surface area contributed by atoms with Crippen LogP contribution in [0.3, 0.4) is 0 Å². The zero-order chi connectivity index (χ0) is 28.4. The molecule has 2 aromatic heterocycles. The average Bonchev–Trinajstić information content (AvgIpc) is 3.55. The standard InChI is InChI=1S/C30H26N4O4S2/c1-17-13-18(2)28(19(3)14-17)33-29(35)20(4)39-30-32-25-11-7-22(15-27(25)40-30)31-16-24-10-12-26(38-24)21-5-8-23(9-6-21)34(36)37/h5-16,20H,1-4H3,(H,33,35)/t20-/m1/s1. The van der Waals surface area contributed by atoms with Gasteiger partial charge in [-0.2, -0.15) is 0 Å². The lowest BCUT2D eigenvalue weighted by Gasteiger charge is -2.15. The Morgan fingerprint density at radius 1 is 1.07 bits per heavy atom. The Morgan fingerprint density at radius 2 is 1.80 bits per heavy atom. The van der Waals surface area contributed by atoms with E-state index in [1.807, 2.05) is 45.9 Å². The second-order valence-electron chi connectivity index (χ2n) is 9.42. The van der Waals surface area contributed by atoms with Gasteiger partial charge in [0, 0.05) is 23.4 Å². The van der Waals surface area contributed by atoms with Gasteiger partial charge in [-0.15, -0.1) is 11.3 Å². The molecule has 0 aliphatic heterocycles. The first-order valence-electron chi connectivity index (χ1n) is 12.5. The van der Waals surface area contributed by atoms with Gasteiger partial charge >= 0.3 is 0 Å². The molecule has 0 radical (unpaired) electrons. The van der Waals surface area contributed by atoms with E-state index >= 15 is 0 Å². The van der Waals surface area contributed by atoms with Crippen LogP contribution in [-0.4, -0.2) is 27.3 Å². The number of hydrogen-bond donors (Lipinski definition) is 1. The van der Waals surface area contributed by atoms with Gasteiger partial charge in [0.05, 0.1) is 32.3 Å². The van der Waals surface area contributed by atoms with Gasteiger partial charge in [0.2, 0.25) is 5.91 Å². The van der Waals surface area contributed by atoms with Crippen LogP contribution in [0.4, 0.5) is 17.1 Å². The quantitative estimate of drug-likeness (QED) is 0.0870. The van der Waals surface area contributed by atoms with Gasteiger partial charge in [0.1, 0.15) is 11.5 Å². The van der Waals surface area contributed by atoms with Crippen molar-refractivity contribution in [2.75, 3.05) is 5.32 Å². The van der Waals surface area contributed by atoms with Gasteiger partial charge in [0.25, 0.3) is 5.69 Å². The Balaban J connectivity index is 1.24. The van der Waals surface area contributed by atoms with E-state index in [0.29, 0.717) is 11.5 Å². The number of rotatable bonds is 8. The normalized spacial score (nSPS) is 12.2. The highest BCUT2D eigenvalue weighted by molar-refractivity contribution is 8.02. The largest absolute Gasteiger partial charge is 0.455 e. The molecule has 1 N–H and O–H groups in total. The lowest BCUT2D eigenvalue weighted by molar-refractivity contribution is -0.384. The number of thiazole rings is 1. The number of carbonyl (C=O) groups excluding carboxylic acids is 1. The van der Waals surface area contributed by atoms with E-state index in [1.165, 1.54) is 40.8 Å². The molecule has 0 spiro atoms. The molecule has 3 aromatic carbocycles. The maximum Gasteiger partial charge on any atom is 0.269 e. The number of nitro benzene ring substituents is 1. The molecular weight excluding hydrogens is 544 g/mol. The molecule has 0 aliphatic carbocycles. The fourth-order valence-electron chi connectivity index (χ4n) is 4.29. The minimum absolute atomic E-state index is 0.0299. The Kier molecular flexibility index (Phi) is 7.81. The molecule has 5 aromatic rings. The van der Waals surface area contributed by atoms with Crippen molar-refractivity contribution >= 4 is 62.5 Å². The molecule has 0 fully saturated rings. The summed E-state index contributed by atoms with van der Waals surface area (Å²) >= 11 is 2.96. The molecule has 1 amide bonds. The summed E-state index contributed by atoms with van der Waals surface area (Å²) in [6.07, 6.45) is 1.63. The molecule has 2 heterocycles. The van der Waals surface area contributed by atoms with E-state index in [0.717, 1.165) is 42.6 Å². The number of hydrogen-bond acceptors (Lipinski definition) is 8. The number of fused-ring (bicyclic) bond motifs is 1. The van der Waals surface area contributed by atoms with Crippen LogP contribution in [0.5, 0.6) is 0 Å². The van der Waals surface area contributed by atoms with Gasteiger partial charge < -0.3 is 9.73 Å². The summed E-state index contributed by atoms with van der Waals surface area (Å²) in [6, 6.07) is 19.7. The first-order chi connectivity index (χ1) is 19.2. The van der Waals surface area contributed by atoms with Crippen LogP contribution in [-0.2, 0) is 4.79 Å². The number of thioether (sulfide) groups is 1. The Labute approximate surface area is 239 Å². The van der Waals surface area contributed by atoms with Crippen molar-refractivity contribution in [1.82, 2.24) is 4.98 Å². The van der Waals surface area contributed by atoms with Crippen LogP contribution in [0.25, 0.3) is 21.5 Å². The summed E-state index contributed by atoms with van der Waals surface area (Å²) in [5.74, 6) is 1.10. The van der Waals surface area contributed by atoms with Crippen LogP contribution in [0.15, 0.2) is 80.5 Å². The monoisotopic (exact) mass is 570 g/mol. The van der Waals surface area contributed by atoms with Crippen molar-refractivity contribution in [1.29, 1.82) is 0 Å². The van der Waals surface area contributed by atoms with Crippen LogP contribution >= 0.6 is 23.1 Å². The summed E-state index contributed by atoms with van der Waals surface area (Å²) in [5, 5.41) is 13.6. The van der Waals surface area contributed by atoms with Gasteiger partial charge in [-0.1, -0.05) is 29.5 Å². The number of nitro groups is 1. The van der Waals surface area contributed by atoms with E-state index < -0.39 is 4.92 Å². The Morgan fingerprint density at radius 3 is 2.50 bits per heavy atom. The van der Waals surface area contributed by atoms with Gasteiger partial charge in [0.15, 0.2) is 4.34 Å². The number of carbonyl (C=O) groups is 1. The highest BCUT2D eigenvalue weighted by Gasteiger charge is 2.19. The number of aryl methyl sites for hydroxylation is 3. The molecule has 1 atom stereocenters. The molecule has 5 rings (SSSR count). The highest BCUT2D eigenvalue weighted by atomic mass is 32.2. The molecule has 40 heavy (non-hydrogen) atoms. The van der Waals surface area contributed by atoms with E-state index in [1.54, 1.807) is 30.5 Å². The maximum atomic E-state index is 12.9. The summed E-state index contributed by atoms with van der Waals surface area (Å²) in [5.41, 5.74) is 6.51. The van der Waals surface area contributed by atoms with Crippen LogP contribution < -0.4 is 5.32 Å². The lowest BCUT2D eigenvalue weighted by atomic mass is 10.1. The number of furan rings is 1. The molecule has 0 aliphatic rings. The third kappa shape index (κ3) is 6.13. The number of aliphatic imine (C=N–C) groups is 1. The lowest BCUT2D eigenvalue weighted by Crippen LogP contribution is -2.23. The molecule has 0 bridgehead atoms. The fraction of sp³-hybridized carbons (Fsp3) is 0.167. The fourth-order valence-corrected chi connectivity index (χ4v) is 6.54. The first-order valence-corrected chi connectivity index (χ1v) is 14.2. The second-order valence-corrected chi connectivity index (χ2v) is 12.0. The summed E-state index contributed by atoms with van der Waals surface area (Å²) in [6.45, 7) is 7.94. The molecule has 0 saturated heterocycles. The molecular formula is C30H26N4O4S2. The third-order valence-corrected chi connectivity index (χ3v) is 8.47. The van der Waals surface area contributed by atoms with Crippen LogP contribution in [0.1, 0.15) is 29.4 Å². The van der Waals surface area contributed by atoms with Crippen molar-refractivity contribution in [3.63, 3.8) is 0 Å². The van der Waals surface area contributed by atoms with E-state index in [9.17, 15) is 14.9 Å². The Hall–Kier alpha value is -4.28. The molecule has 202 valence electrons. The predicted octanol–water partition coefficient (Wildman–Crippen LogP) is 8.26. The smallest absolute Gasteiger partial charge is 0.269 e. The minimum Gasteiger partial charge on any atom is -0.455 e. The van der Waals surface area contributed by atoms with Gasteiger partial charge in [-0.3, -0.25) is 19.9 Å². The number of benzene rings is 3.